The lowest BCUT2D eigenvalue weighted by atomic mass is 9.90. The van der Waals surface area contributed by atoms with Crippen LogP contribution in [-0.2, 0) is 0 Å². The highest BCUT2D eigenvalue weighted by atomic mass is 14.4. The van der Waals surface area contributed by atoms with Gasteiger partial charge in [-0.3, -0.25) is 0 Å². The Bertz CT molecular complexity index is 595. The van der Waals surface area contributed by atoms with Gasteiger partial charge in [-0.2, -0.15) is 0 Å². The number of hydrogen-bond donors (Lipinski definition) is 0. The minimum atomic E-state index is 0.810. The number of hydrogen-bond acceptors (Lipinski definition) is 0. The van der Waals surface area contributed by atoms with Gasteiger partial charge in [0.05, 0.1) is 0 Å². The standard InChI is InChI=1S/C18H18/c1-12-14-10-11-15(13-6-3-2-4-7-13)18(12)17-9-5-8-16(14)17/h2-4,6-7,10-11,16-17H,5,8-9H2,1H3. The molecule has 0 heteroatoms. The lowest BCUT2D eigenvalue weighted by Crippen LogP contribution is -1.95. The molecule has 2 atom stereocenters. The zero-order chi connectivity index (χ0) is 12.1. The Morgan fingerprint density at radius 2 is 1.67 bits per heavy atom. The van der Waals surface area contributed by atoms with E-state index in [0.29, 0.717) is 0 Å². The highest BCUT2D eigenvalue weighted by molar-refractivity contribution is 5.73. The summed E-state index contributed by atoms with van der Waals surface area (Å²) in [6, 6.07) is 15.6. The first-order valence-corrected chi connectivity index (χ1v) is 7.05. The average Bonchev–Trinajstić information content (AvgIpc) is 2.92. The summed E-state index contributed by atoms with van der Waals surface area (Å²) < 4.78 is 0. The maximum absolute atomic E-state index is 2.39. The van der Waals surface area contributed by atoms with Crippen molar-refractivity contribution in [2.24, 2.45) is 0 Å². The summed E-state index contributed by atoms with van der Waals surface area (Å²) in [4.78, 5) is 0. The van der Waals surface area contributed by atoms with Crippen molar-refractivity contribution in [2.75, 3.05) is 0 Å². The molecular formula is C18H18. The summed E-state index contributed by atoms with van der Waals surface area (Å²) in [6.45, 7) is 2.33. The summed E-state index contributed by atoms with van der Waals surface area (Å²) in [7, 11) is 0. The van der Waals surface area contributed by atoms with Gasteiger partial charge in [0.25, 0.3) is 0 Å². The molecule has 2 aromatic carbocycles. The fraction of sp³-hybridized carbons (Fsp3) is 0.333. The molecule has 0 nitrogen and oxygen atoms in total. The van der Waals surface area contributed by atoms with Crippen LogP contribution in [0, 0.1) is 6.92 Å². The first kappa shape index (κ1) is 10.4. The van der Waals surface area contributed by atoms with Crippen molar-refractivity contribution in [1.82, 2.24) is 0 Å². The molecule has 0 heterocycles. The molecule has 0 N–H and O–H groups in total. The summed E-state index contributed by atoms with van der Waals surface area (Å²) in [5.74, 6) is 1.64. The molecule has 1 fully saturated rings. The lowest BCUT2D eigenvalue weighted by Gasteiger charge is -2.13. The van der Waals surface area contributed by atoms with Crippen LogP contribution >= 0.6 is 0 Å². The van der Waals surface area contributed by atoms with Crippen molar-refractivity contribution in [3.63, 3.8) is 0 Å². The Hall–Kier alpha value is -1.56. The molecule has 1 saturated carbocycles. The smallest absolute Gasteiger partial charge is 0.00841 e. The third-order valence-corrected chi connectivity index (χ3v) is 4.93. The monoisotopic (exact) mass is 234 g/mol. The Kier molecular flexibility index (Phi) is 2.14. The van der Waals surface area contributed by atoms with Crippen molar-refractivity contribution in [2.45, 2.75) is 38.0 Å². The van der Waals surface area contributed by atoms with Gasteiger partial charge in [0.15, 0.2) is 0 Å². The summed E-state index contributed by atoms with van der Waals surface area (Å²) in [5.41, 5.74) is 7.72. The molecule has 18 heavy (non-hydrogen) atoms. The van der Waals surface area contributed by atoms with E-state index >= 15 is 0 Å². The second-order valence-corrected chi connectivity index (χ2v) is 5.75. The van der Waals surface area contributed by atoms with Crippen LogP contribution in [0.4, 0.5) is 0 Å². The lowest BCUT2D eigenvalue weighted by molar-refractivity contribution is 0.658. The predicted octanol–water partition coefficient (Wildman–Crippen LogP) is 5.03. The van der Waals surface area contributed by atoms with Crippen molar-refractivity contribution in [3.8, 4) is 11.1 Å². The maximum Gasteiger partial charge on any atom is -0.00841 e. The first-order chi connectivity index (χ1) is 8.86. The van der Waals surface area contributed by atoms with Gasteiger partial charge in [-0.05, 0) is 59.4 Å². The highest BCUT2D eigenvalue weighted by Gasteiger charge is 2.39. The summed E-state index contributed by atoms with van der Waals surface area (Å²) in [5, 5.41) is 0. The molecule has 2 aromatic rings. The van der Waals surface area contributed by atoms with Crippen LogP contribution in [0.25, 0.3) is 11.1 Å². The van der Waals surface area contributed by atoms with Gasteiger partial charge in [-0.25, -0.2) is 0 Å². The highest BCUT2D eigenvalue weighted by Crippen LogP contribution is 2.56. The summed E-state index contributed by atoms with van der Waals surface area (Å²) in [6.07, 6.45) is 4.19. The molecule has 0 aliphatic heterocycles. The van der Waals surface area contributed by atoms with Crippen molar-refractivity contribution in [3.05, 3.63) is 59.2 Å². The van der Waals surface area contributed by atoms with Crippen molar-refractivity contribution < 1.29 is 0 Å². The Morgan fingerprint density at radius 1 is 0.889 bits per heavy atom. The number of rotatable bonds is 1. The van der Waals surface area contributed by atoms with Crippen LogP contribution < -0.4 is 0 Å². The van der Waals surface area contributed by atoms with Gasteiger partial charge in [0.2, 0.25) is 0 Å². The van der Waals surface area contributed by atoms with Crippen LogP contribution in [-0.4, -0.2) is 0 Å². The molecule has 90 valence electrons. The minimum absolute atomic E-state index is 0.810. The van der Waals surface area contributed by atoms with E-state index < -0.39 is 0 Å². The van der Waals surface area contributed by atoms with Crippen LogP contribution in [0.5, 0.6) is 0 Å². The van der Waals surface area contributed by atoms with E-state index in [0.717, 1.165) is 11.8 Å². The quantitative estimate of drug-likeness (QED) is 0.649. The van der Waals surface area contributed by atoms with Crippen LogP contribution in [0.1, 0.15) is 47.8 Å². The summed E-state index contributed by atoms with van der Waals surface area (Å²) >= 11 is 0. The Balaban J connectivity index is 1.94. The third-order valence-electron chi connectivity index (χ3n) is 4.93. The zero-order valence-electron chi connectivity index (χ0n) is 10.8. The fourth-order valence-electron chi connectivity index (χ4n) is 4.17. The van der Waals surface area contributed by atoms with Crippen LogP contribution in [0.2, 0.25) is 0 Å². The van der Waals surface area contributed by atoms with Crippen molar-refractivity contribution >= 4 is 0 Å². The SMILES string of the molecule is Cc1c2ccc(-c3ccccc3)c1C1CCCC21. The van der Waals surface area contributed by atoms with E-state index in [1.807, 2.05) is 0 Å². The normalized spacial score (nSPS) is 24.3. The molecule has 0 amide bonds. The van der Waals surface area contributed by atoms with Gasteiger partial charge in [0, 0.05) is 0 Å². The van der Waals surface area contributed by atoms with E-state index in [2.05, 4.69) is 49.4 Å². The Labute approximate surface area is 109 Å². The van der Waals surface area contributed by atoms with Crippen LogP contribution in [0.3, 0.4) is 0 Å². The molecule has 2 bridgehead atoms. The average molecular weight is 234 g/mol. The molecule has 0 saturated heterocycles. The molecule has 2 aliphatic carbocycles. The van der Waals surface area contributed by atoms with E-state index in [4.69, 9.17) is 0 Å². The predicted molar refractivity (Wildman–Crippen MR) is 75.9 cm³/mol. The van der Waals surface area contributed by atoms with Crippen LogP contribution in [0.15, 0.2) is 42.5 Å². The first-order valence-electron chi connectivity index (χ1n) is 7.05. The van der Waals surface area contributed by atoms with Gasteiger partial charge in [-0.15, -0.1) is 0 Å². The van der Waals surface area contributed by atoms with Crippen molar-refractivity contribution in [1.29, 1.82) is 0 Å². The number of benzene rings is 2. The van der Waals surface area contributed by atoms with E-state index in [9.17, 15) is 0 Å². The third kappa shape index (κ3) is 1.26. The molecule has 2 unspecified atom stereocenters. The largest absolute Gasteiger partial charge is 0.0622 e. The van der Waals surface area contributed by atoms with E-state index in [1.165, 1.54) is 30.4 Å². The van der Waals surface area contributed by atoms with Gasteiger partial charge < -0.3 is 0 Å². The second-order valence-electron chi connectivity index (χ2n) is 5.75. The molecule has 0 radical (unpaired) electrons. The van der Waals surface area contributed by atoms with E-state index in [1.54, 1.807) is 16.7 Å². The Morgan fingerprint density at radius 3 is 2.50 bits per heavy atom. The molecule has 0 spiro atoms. The zero-order valence-corrected chi connectivity index (χ0v) is 10.8. The molecule has 0 aromatic heterocycles. The fourth-order valence-corrected chi connectivity index (χ4v) is 4.17. The second kappa shape index (κ2) is 3.71. The molecule has 2 aliphatic rings. The van der Waals surface area contributed by atoms with Gasteiger partial charge in [-0.1, -0.05) is 48.9 Å². The maximum atomic E-state index is 2.39. The number of fused-ring (bicyclic) bond motifs is 5. The molecular weight excluding hydrogens is 216 g/mol. The molecule has 4 rings (SSSR count). The minimum Gasteiger partial charge on any atom is -0.0622 e. The van der Waals surface area contributed by atoms with E-state index in [-0.39, 0.29) is 0 Å². The topological polar surface area (TPSA) is 0 Å². The van der Waals surface area contributed by atoms with Gasteiger partial charge >= 0.3 is 0 Å². The van der Waals surface area contributed by atoms with Gasteiger partial charge in [0.1, 0.15) is 0 Å².